The van der Waals surface area contributed by atoms with Crippen molar-refractivity contribution in [2.45, 2.75) is 26.4 Å². The van der Waals surface area contributed by atoms with E-state index in [2.05, 4.69) is 4.74 Å². The Labute approximate surface area is 93.9 Å². The highest BCUT2D eigenvalue weighted by molar-refractivity contribution is 5.74. The van der Waals surface area contributed by atoms with Crippen LogP contribution >= 0.6 is 0 Å². The number of halogens is 1. The molecule has 0 aliphatic carbocycles. The maximum Gasteiger partial charge on any atom is 0.335 e. The van der Waals surface area contributed by atoms with Gasteiger partial charge in [0, 0.05) is 6.42 Å². The van der Waals surface area contributed by atoms with Gasteiger partial charge in [-0.3, -0.25) is 0 Å². The Bertz CT molecular complexity index is 377. The maximum absolute atomic E-state index is 12.8. The number of carbonyl (C=O) groups is 1. The van der Waals surface area contributed by atoms with Crippen molar-refractivity contribution in [3.8, 4) is 0 Å². The average molecular weight is 226 g/mol. The smallest absolute Gasteiger partial charge is 0.335 e. The summed E-state index contributed by atoms with van der Waals surface area (Å²) in [7, 11) is 0. The van der Waals surface area contributed by atoms with E-state index in [0.717, 1.165) is 5.56 Å². The molecule has 1 rings (SSSR count). The SMILES string of the molecule is CCOC(=O)C(O)Cc1ccc(F)cc1C. The third kappa shape index (κ3) is 3.31. The molecule has 3 nitrogen and oxygen atoms in total. The molecule has 0 saturated carbocycles. The number of hydrogen-bond donors (Lipinski definition) is 1. The van der Waals surface area contributed by atoms with Crippen molar-refractivity contribution < 1.29 is 19.0 Å². The third-order valence-electron chi connectivity index (χ3n) is 2.28. The molecule has 0 heterocycles. The van der Waals surface area contributed by atoms with Crippen molar-refractivity contribution in [3.05, 3.63) is 35.1 Å². The Kier molecular flexibility index (Phi) is 4.43. The van der Waals surface area contributed by atoms with Gasteiger partial charge in [-0.25, -0.2) is 9.18 Å². The number of aryl methyl sites for hydroxylation is 1. The minimum atomic E-state index is -1.19. The van der Waals surface area contributed by atoms with Crippen LogP contribution in [0, 0.1) is 12.7 Å². The Morgan fingerprint density at radius 3 is 2.81 bits per heavy atom. The molecule has 16 heavy (non-hydrogen) atoms. The highest BCUT2D eigenvalue weighted by atomic mass is 19.1. The molecular formula is C12H15FO3. The van der Waals surface area contributed by atoms with Gasteiger partial charge in [0.25, 0.3) is 0 Å². The standard InChI is InChI=1S/C12H15FO3/c1-3-16-12(15)11(14)7-9-4-5-10(13)6-8(9)2/h4-6,11,14H,3,7H2,1-2H3. The summed E-state index contributed by atoms with van der Waals surface area (Å²) < 4.78 is 17.5. The van der Waals surface area contributed by atoms with Crippen molar-refractivity contribution in [3.63, 3.8) is 0 Å². The Hall–Kier alpha value is -1.42. The predicted octanol–water partition coefficient (Wildman–Crippen LogP) is 1.60. The summed E-state index contributed by atoms with van der Waals surface area (Å²) in [6.07, 6.45) is -1.05. The molecule has 4 heteroatoms. The Morgan fingerprint density at radius 1 is 1.56 bits per heavy atom. The molecule has 0 aliphatic heterocycles. The summed E-state index contributed by atoms with van der Waals surface area (Å²) in [5.74, 6) is -0.974. The topological polar surface area (TPSA) is 46.5 Å². The number of rotatable bonds is 4. The molecule has 0 radical (unpaired) electrons. The van der Waals surface area contributed by atoms with E-state index < -0.39 is 12.1 Å². The van der Waals surface area contributed by atoms with Gasteiger partial charge in [-0.1, -0.05) is 6.07 Å². The number of esters is 1. The normalized spacial score (nSPS) is 12.2. The molecular weight excluding hydrogens is 211 g/mol. The number of aliphatic hydroxyl groups excluding tert-OH is 1. The van der Waals surface area contributed by atoms with Crippen molar-refractivity contribution in [2.24, 2.45) is 0 Å². The van der Waals surface area contributed by atoms with Gasteiger partial charge in [0.15, 0.2) is 6.10 Å². The van der Waals surface area contributed by atoms with Crippen LogP contribution in [0.1, 0.15) is 18.1 Å². The van der Waals surface area contributed by atoms with E-state index in [-0.39, 0.29) is 18.8 Å². The van der Waals surface area contributed by atoms with Gasteiger partial charge >= 0.3 is 5.97 Å². The third-order valence-corrected chi connectivity index (χ3v) is 2.28. The summed E-state index contributed by atoms with van der Waals surface area (Å²) in [4.78, 5) is 11.2. The highest BCUT2D eigenvalue weighted by Crippen LogP contribution is 2.12. The fourth-order valence-corrected chi connectivity index (χ4v) is 1.42. The lowest BCUT2D eigenvalue weighted by atomic mass is 10.0. The molecule has 1 atom stereocenters. The number of hydrogen-bond acceptors (Lipinski definition) is 3. The first-order valence-electron chi connectivity index (χ1n) is 5.14. The first kappa shape index (κ1) is 12.6. The zero-order chi connectivity index (χ0) is 12.1. The van der Waals surface area contributed by atoms with Crippen LogP contribution in [0.4, 0.5) is 4.39 Å². The van der Waals surface area contributed by atoms with Crippen LogP contribution in [-0.4, -0.2) is 23.8 Å². The molecule has 0 aliphatic rings. The lowest BCUT2D eigenvalue weighted by Gasteiger charge is -2.11. The first-order valence-corrected chi connectivity index (χ1v) is 5.14. The zero-order valence-corrected chi connectivity index (χ0v) is 9.37. The van der Waals surface area contributed by atoms with Crippen molar-refractivity contribution in [2.75, 3.05) is 6.61 Å². The highest BCUT2D eigenvalue weighted by Gasteiger charge is 2.17. The monoisotopic (exact) mass is 226 g/mol. The second kappa shape index (κ2) is 5.61. The van der Waals surface area contributed by atoms with E-state index in [1.165, 1.54) is 12.1 Å². The van der Waals surface area contributed by atoms with Crippen LogP contribution in [-0.2, 0) is 16.0 Å². The number of ether oxygens (including phenoxy) is 1. The van der Waals surface area contributed by atoms with Crippen molar-refractivity contribution in [1.82, 2.24) is 0 Å². The summed E-state index contributed by atoms with van der Waals surface area (Å²) in [5, 5.41) is 9.53. The van der Waals surface area contributed by atoms with Gasteiger partial charge in [0.2, 0.25) is 0 Å². The fourth-order valence-electron chi connectivity index (χ4n) is 1.42. The van der Waals surface area contributed by atoms with Gasteiger partial charge in [-0.05, 0) is 37.1 Å². The molecule has 0 amide bonds. The summed E-state index contributed by atoms with van der Waals surface area (Å²) >= 11 is 0. The quantitative estimate of drug-likeness (QED) is 0.793. The lowest BCUT2D eigenvalue weighted by molar-refractivity contribution is -0.152. The van der Waals surface area contributed by atoms with E-state index in [9.17, 15) is 14.3 Å². The van der Waals surface area contributed by atoms with E-state index in [1.54, 1.807) is 19.9 Å². The molecule has 1 aromatic rings. The predicted molar refractivity (Wildman–Crippen MR) is 57.5 cm³/mol. The number of aliphatic hydroxyl groups is 1. The molecule has 88 valence electrons. The summed E-state index contributed by atoms with van der Waals surface area (Å²) in [5.41, 5.74) is 1.45. The van der Waals surface area contributed by atoms with Crippen LogP contribution in [0.5, 0.6) is 0 Å². The fraction of sp³-hybridized carbons (Fsp3) is 0.417. The van der Waals surface area contributed by atoms with Gasteiger partial charge < -0.3 is 9.84 Å². The van der Waals surface area contributed by atoms with E-state index in [4.69, 9.17) is 0 Å². The Morgan fingerprint density at radius 2 is 2.25 bits per heavy atom. The molecule has 0 fully saturated rings. The van der Waals surface area contributed by atoms with Crippen LogP contribution in [0.25, 0.3) is 0 Å². The first-order chi connectivity index (χ1) is 7.54. The van der Waals surface area contributed by atoms with Crippen LogP contribution in [0.3, 0.4) is 0 Å². The Balaban J connectivity index is 2.69. The lowest BCUT2D eigenvalue weighted by Crippen LogP contribution is -2.25. The summed E-state index contributed by atoms with van der Waals surface area (Å²) in [6.45, 7) is 3.64. The minimum Gasteiger partial charge on any atom is -0.464 e. The maximum atomic E-state index is 12.8. The number of benzene rings is 1. The minimum absolute atomic E-state index is 0.144. The number of carbonyl (C=O) groups excluding carboxylic acids is 1. The largest absolute Gasteiger partial charge is 0.464 e. The van der Waals surface area contributed by atoms with Gasteiger partial charge in [-0.2, -0.15) is 0 Å². The molecule has 0 spiro atoms. The molecule has 0 bridgehead atoms. The van der Waals surface area contributed by atoms with Crippen LogP contribution in [0.15, 0.2) is 18.2 Å². The van der Waals surface area contributed by atoms with Crippen LogP contribution in [0.2, 0.25) is 0 Å². The van der Waals surface area contributed by atoms with Crippen molar-refractivity contribution in [1.29, 1.82) is 0 Å². The summed E-state index contributed by atoms with van der Waals surface area (Å²) in [6, 6.07) is 4.24. The zero-order valence-electron chi connectivity index (χ0n) is 9.37. The molecule has 0 saturated heterocycles. The average Bonchev–Trinajstić information content (AvgIpc) is 2.22. The van der Waals surface area contributed by atoms with Gasteiger partial charge in [0.05, 0.1) is 6.61 Å². The molecule has 0 aromatic heterocycles. The van der Waals surface area contributed by atoms with Crippen molar-refractivity contribution >= 4 is 5.97 Å². The molecule has 1 aromatic carbocycles. The second-order valence-corrected chi connectivity index (χ2v) is 3.54. The van der Waals surface area contributed by atoms with E-state index in [0.29, 0.717) is 5.56 Å². The van der Waals surface area contributed by atoms with E-state index in [1.807, 2.05) is 0 Å². The second-order valence-electron chi connectivity index (χ2n) is 3.54. The molecule has 1 unspecified atom stereocenters. The van der Waals surface area contributed by atoms with Gasteiger partial charge in [0.1, 0.15) is 5.82 Å². The van der Waals surface area contributed by atoms with E-state index >= 15 is 0 Å². The van der Waals surface area contributed by atoms with Gasteiger partial charge in [-0.15, -0.1) is 0 Å². The van der Waals surface area contributed by atoms with Crippen LogP contribution < -0.4 is 0 Å². The molecule has 1 N–H and O–H groups in total.